The van der Waals surface area contributed by atoms with Crippen LogP contribution >= 0.6 is 11.6 Å². The summed E-state index contributed by atoms with van der Waals surface area (Å²) in [6.45, 7) is 5.82. The quantitative estimate of drug-likeness (QED) is 0.742. The van der Waals surface area contributed by atoms with E-state index in [1.165, 1.54) is 0 Å². The Morgan fingerprint density at radius 2 is 2.08 bits per heavy atom. The van der Waals surface area contributed by atoms with E-state index in [4.69, 9.17) is 16.3 Å². The first kappa shape index (κ1) is 16.3. The maximum atomic E-state index is 11.3. The number of H-pyrrole nitrogens is 2. The van der Waals surface area contributed by atoms with Crippen LogP contribution in [0.4, 0.5) is 0 Å². The van der Waals surface area contributed by atoms with Crippen molar-refractivity contribution in [3.63, 3.8) is 0 Å². The van der Waals surface area contributed by atoms with Crippen LogP contribution in [0.2, 0.25) is 5.02 Å². The van der Waals surface area contributed by atoms with Crippen LogP contribution in [-0.4, -0.2) is 30.8 Å². The molecule has 0 saturated heterocycles. The number of aromatic amines is 2. The van der Waals surface area contributed by atoms with Crippen molar-refractivity contribution in [1.82, 2.24) is 24.7 Å². The normalized spacial score (nSPS) is 12.5. The molecule has 0 bridgehead atoms. The number of ether oxygens (including phenoxy) is 1. The summed E-state index contributed by atoms with van der Waals surface area (Å²) >= 11 is 6.32. The minimum absolute atomic E-state index is 0.0480. The van der Waals surface area contributed by atoms with E-state index in [2.05, 4.69) is 20.2 Å². The van der Waals surface area contributed by atoms with Crippen molar-refractivity contribution < 1.29 is 4.74 Å². The first-order valence-corrected chi connectivity index (χ1v) is 7.97. The monoisotopic (exact) mass is 347 g/mol. The van der Waals surface area contributed by atoms with Gasteiger partial charge in [0, 0.05) is 18.0 Å². The van der Waals surface area contributed by atoms with Crippen molar-refractivity contribution in [2.45, 2.75) is 32.9 Å². The highest BCUT2D eigenvalue weighted by Crippen LogP contribution is 2.31. The molecule has 0 aliphatic carbocycles. The Morgan fingerprint density at radius 1 is 1.29 bits per heavy atom. The number of nitrogens with one attached hydrogen (secondary N) is 2. The number of halogens is 1. The molecular weight excluding hydrogens is 330 g/mol. The van der Waals surface area contributed by atoms with Gasteiger partial charge in [-0.15, -0.1) is 0 Å². The Hall–Kier alpha value is -2.54. The summed E-state index contributed by atoms with van der Waals surface area (Å²) in [5, 5.41) is 6.88. The fourth-order valence-corrected chi connectivity index (χ4v) is 2.68. The second-order valence-corrected chi connectivity index (χ2v) is 6.12. The smallest absolute Gasteiger partial charge is 0.340 e. The van der Waals surface area contributed by atoms with E-state index in [1.807, 2.05) is 49.7 Å². The Bertz CT molecular complexity index is 896. The number of imidazole rings is 1. The highest BCUT2D eigenvalue weighted by molar-refractivity contribution is 6.32. The number of aromatic nitrogens is 5. The van der Waals surface area contributed by atoms with Gasteiger partial charge in [-0.25, -0.2) is 14.9 Å². The molecule has 7 nitrogen and oxygen atoms in total. The van der Waals surface area contributed by atoms with Crippen molar-refractivity contribution in [2.24, 2.45) is 0 Å². The molecule has 0 saturated carbocycles. The molecule has 8 heteroatoms. The van der Waals surface area contributed by atoms with Gasteiger partial charge in [0.2, 0.25) is 0 Å². The summed E-state index contributed by atoms with van der Waals surface area (Å²) in [5.41, 5.74) is 0.516. The molecule has 0 fully saturated rings. The van der Waals surface area contributed by atoms with E-state index in [1.54, 1.807) is 6.20 Å². The lowest BCUT2D eigenvalue weighted by Gasteiger charge is -2.15. The van der Waals surface area contributed by atoms with E-state index in [9.17, 15) is 4.79 Å². The first-order chi connectivity index (χ1) is 11.5. The first-order valence-electron chi connectivity index (χ1n) is 7.59. The average molecular weight is 348 g/mol. The Kier molecular flexibility index (Phi) is 4.44. The minimum Gasteiger partial charge on any atom is -0.489 e. The third-order valence-corrected chi connectivity index (χ3v) is 3.85. The van der Waals surface area contributed by atoms with E-state index in [0.29, 0.717) is 16.6 Å². The molecule has 1 aromatic carbocycles. The molecule has 1 atom stereocenters. The van der Waals surface area contributed by atoms with Gasteiger partial charge in [-0.3, -0.25) is 4.98 Å². The molecule has 0 unspecified atom stereocenters. The predicted molar refractivity (Wildman–Crippen MR) is 91.5 cm³/mol. The van der Waals surface area contributed by atoms with Crippen LogP contribution in [0.25, 0.3) is 11.4 Å². The van der Waals surface area contributed by atoms with Gasteiger partial charge >= 0.3 is 5.69 Å². The lowest BCUT2D eigenvalue weighted by molar-refractivity contribution is 0.242. The third kappa shape index (κ3) is 3.21. The molecule has 3 aromatic rings. The zero-order valence-electron chi connectivity index (χ0n) is 13.6. The third-order valence-electron chi connectivity index (χ3n) is 3.55. The van der Waals surface area contributed by atoms with Crippen LogP contribution in [0.5, 0.6) is 5.75 Å². The molecule has 126 valence electrons. The largest absolute Gasteiger partial charge is 0.489 e. The van der Waals surface area contributed by atoms with Crippen molar-refractivity contribution >= 4 is 11.6 Å². The zero-order valence-corrected chi connectivity index (χ0v) is 14.3. The lowest BCUT2D eigenvalue weighted by Crippen LogP contribution is -2.11. The molecule has 0 radical (unpaired) electrons. The molecule has 2 N–H and O–H groups in total. The number of hydrogen-bond acceptors (Lipinski definition) is 4. The van der Waals surface area contributed by atoms with Crippen LogP contribution < -0.4 is 10.4 Å². The van der Waals surface area contributed by atoms with Crippen LogP contribution in [0.15, 0.2) is 35.4 Å². The summed E-state index contributed by atoms with van der Waals surface area (Å²) in [6.07, 6.45) is 3.58. The fourth-order valence-electron chi connectivity index (χ4n) is 2.45. The van der Waals surface area contributed by atoms with E-state index < -0.39 is 0 Å². The SMILES string of the molecule is CC(C)Oc1ccc(-c2nccn2[C@@H](C)c2n[nH]c(=O)[nH]2)cc1Cl. The van der Waals surface area contributed by atoms with Crippen molar-refractivity contribution in [3.05, 3.63) is 51.9 Å². The molecular formula is C16H18ClN5O2. The van der Waals surface area contributed by atoms with Gasteiger partial charge in [0.25, 0.3) is 0 Å². The van der Waals surface area contributed by atoms with Crippen molar-refractivity contribution in [3.8, 4) is 17.1 Å². The van der Waals surface area contributed by atoms with Crippen molar-refractivity contribution in [2.75, 3.05) is 0 Å². The maximum Gasteiger partial charge on any atom is 0.340 e. The van der Waals surface area contributed by atoms with Crippen LogP contribution in [0.3, 0.4) is 0 Å². The highest BCUT2D eigenvalue weighted by atomic mass is 35.5. The van der Waals surface area contributed by atoms with E-state index in [0.717, 1.165) is 11.4 Å². The van der Waals surface area contributed by atoms with Crippen LogP contribution in [0.1, 0.15) is 32.6 Å². The zero-order chi connectivity index (χ0) is 17.3. The van der Waals surface area contributed by atoms with Gasteiger partial charge in [0.15, 0.2) is 5.82 Å². The number of nitrogens with zero attached hydrogens (tertiary/aromatic N) is 3. The maximum absolute atomic E-state index is 11.3. The Labute approximate surface area is 143 Å². The topological polar surface area (TPSA) is 88.6 Å². The highest BCUT2D eigenvalue weighted by Gasteiger charge is 2.17. The lowest BCUT2D eigenvalue weighted by atomic mass is 10.2. The summed E-state index contributed by atoms with van der Waals surface area (Å²) in [4.78, 5) is 18.3. The molecule has 24 heavy (non-hydrogen) atoms. The molecule has 2 heterocycles. The van der Waals surface area contributed by atoms with Gasteiger partial charge in [0.05, 0.1) is 17.2 Å². The Morgan fingerprint density at radius 3 is 2.71 bits per heavy atom. The van der Waals surface area contributed by atoms with E-state index in [-0.39, 0.29) is 17.8 Å². The van der Waals surface area contributed by atoms with Gasteiger partial charge in [-0.1, -0.05) is 11.6 Å². The molecule has 2 aromatic heterocycles. The number of hydrogen-bond donors (Lipinski definition) is 2. The molecule has 0 aliphatic heterocycles. The second-order valence-electron chi connectivity index (χ2n) is 5.71. The van der Waals surface area contributed by atoms with Gasteiger partial charge in [-0.2, -0.15) is 5.10 Å². The summed E-state index contributed by atoms with van der Waals surface area (Å²) in [6, 6.07) is 5.37. The molecule has 0 aliphatic rings. The second kappa shape index (κ2) is 6.52. The van der Waals surface area contributed by atoms with Gasteiger partial charge in [-0.05, 0) is 39.0 Å². The molecule has 3 rings (SSSR count). The fraction of sp³-hybridized carbons (Fsp3) is 0.312. The summed E-state index contributed by atoms with van der Waals surface area (Å²) in [5.74, 6) is 1.90. The average Bonchev–Trinajstić information content (AvgIpc) is 3.17. The summed E-state index contributed by atoms with van der Waals surface area (Å²) in [7, 11) is 0. The standard InChI is InChI=1S/C16H18ClN5O2/c1-9(2)24-13-5-4-11(8-12(13)17)15-18-6-7-22(15)10(3)14-19-16(23)21-20-14/h4-10H,1-3H3,(H2,19,20,21,23)/t10-/m0/s1. The van der Waals surface area contributed by atoms with Crippen LogP contribution in [0, 0.1) is 0 Å². The molecule has 0 spiro atoms. The Balaban J connectivity index is 1.95. The number of rotatable bonds is 5. The van der Waals surface area contributed by atoms with Crippen LogP contribution in [-0.2, 0) is 0 Å². The minimum atomic E-state index is -0.336. The van der Waals surface area contributed by atoms with Gasteiger partial charge < -0.3 is 9.30 Å². The predicted octanol–water partition coefficient (Wildman–Crippen LogP) is 3.01. The van der Waals surface area contributed by atoms with Gasteiger partial charge in [0.1, 0.15) is 11.6 Å². The molecule has 0 amide bonds. The van der Waals surface area contributed by atoms with E-state index >= 15 is 0 Å². The summed E-state index contributed by atoms with van der Waals surface area (Å²) < 4.78 is 7.57. The number of benzene rings is 1. The van der Waals surface area contributed by atoms with Crippen molar-refractivity contribution in [1.29, 1.82) is 0 Å².